The molecule has 2 atom stereocenters. The van der Waals surface area contributed by atoms with E-state index in [2.05, 4.69) is 5.32 Å². The van der Waals surface area contributed by atoms with Crippen LogP contribution in [0.3, 0.4) is 0 Å². The second-order valence-electron chi connectivity index (χ2n) is 6.00. The van der Waals surface area contributed by atoms with Gasteiger partial charge >= 0.3 is 5.97 Å². The average molecular weight is 307 g/mol. The van der Waals surface area contributed by atoms with Crippen molar-refractivity contribution in [3.05, 3.63) is 29.3 Å². The van der Waals surface area contributed by atoms with Crippen LogP contribution < -0.4 is 10.1 Å². The molecule has 0 aromatic heterocycles. The minimum absolute atomic E-state index is 0.186. The molecule has 0 saturated carbocycles. The summed E-state index contributed by atoms with van der Waals surface area (Å²) in [4.78, 5) is 23.6. The Morgan fingerprint density at radius 2 is 1.91 bits per heavy atom. The summed E-state index contributed by atoms with van der Waals surface area (Å²) >= 11 is 0. The molecule has 1 aromatic carbocycles. The highest BCUT2D eigenvalue weighted by Crippen LogP contribution is 2.28. The molecule has 1 amide bonds. The quantitative estimate of drug-likeness (QED) is 0.812. The first-order chi connectivity index (χ1) is 10.3. The first-order valence-electron chi connectivity index (χ1n) is 7.44. The fourth-order valence-electron chi connectivity index (χ4n) is 2.31. The molecule has 0 heterocycles. The number of hydrogen-bond acceptors (Lipinski definition) is 3. The number of carbonyl (C=O) groups excluding carboxylic acids is 1. The number of methoxy groups -OCH3 is 1. The Labute approximate surface area is 131 Å². The number of aliphatic carboxylic acids is 1. The summed E-state index contributed by atoms with van der Waals surface area (Å²) in [5.74, 6) is -0.978. The molecular formula is C17H25NO4. The lowest BCUT2D eigenvalue weighted by molar-refractivity contribution is -0.142. The van der Waals surface area contributed by atoms with Crippen LogP contribution in [0.5, 0.6) is 5.75 Å². The normalized spacial score (nSPS) is 13.5. The Morgan fingerprint density at radius 3 is 2.41 bits per heavy atom. The second-order valence-corrected chi connectivity index (χ2v) is 6.00. The van der Waals surface area contributed by atoms with E-state index in [0.29, 0.717) is 12.2 Å². The maximum Gasteiger partial charge on any atom is 0.326 e. The van der Waals surface area contributed by atoms with Crippen LogP contribution in [0.4, 0.5) is 0 Å². The molecule has 5 heteroatoms. The third kappa shape index (κ3) is 4.76. The zero-order valence-electron chi connectivity index (χ0n) is 13.8. The van der Waals surface area contributed by atoms with E-state index >= 15 is 0 Å². The third-order valence-electron chi connectivity index (χ3n) is 3.57. The van der Waals surface area contributed by atoms with Crippen molar-refractivity contribution in [2.24, 2.45) is 5.92 Å². The van der Waals surface area contributed by atoms with E-state index < -0.39 is 17.9 Å². The molecule has 0 radical (unpaired) electrons. The Hall–Kier alpha value is -2.04. The number of amides is 1. The molecule has 1 rings (SSSR count). The number of rotatable bonds is 7. The van der Waals surface area contributed by atoms with Gasteiger partial charge in [0.05, 0.1) is 13.0 Å². The minimum Gasteiger partial charge on any atom is -0.496 e. The molecule has 122 valence electrons. The van der Waals surface area contributed by atoms with E-state index in [-0.39, 0.29) is 11.8 Å². The number of aryl methyl sites for hydroxylation is 1. The zero-order valence-corrected chi connectivity index (χ0v) is 13.8. The highest BCUT2D eigenvalue weighted by molar-refractivity contribution is 5.88. The predicted octanol–water partition coefficient (Wildman–Crippen LogP) is 2.72. The Morgan fingerprint density at radius 1 is 1.27 bits per heavy atom. The van der Waals surface area contributed by atoms with Crippen molar-refractivity contribution in [2.75, 3.05) is 7.11 Å². The van der Waals surface area contributed by atoms with Gasteiger partial charge in [0.1, 0.15) is 11.8 Å². The molecule has 0 saturated heterocycles. The van der Waals surface area contributed by atoms with Gasteiger partial charge in [-0.25, -0.2) is 4.79 Å². The van der Waals surface area contributed by atoms with Crippen LogP contribution in [0.15, 0.2) is 18.2 Å². The van der Waals surface area contributed by atoms with E-state index in [1.54, 1.807) is 14.0 Å². The topological polar surface area (TPSA) is 75.6 Å². The molecule has 0 aliphatic carbocycles. The van der Waals surface area contributed by atoms with Crippen LogP contribution in [-0.2, 0) is 9.59 Å². The highest BCUT2D eigenvalue weighted by Gasteiger charge is 2.25. The first-order valence-corrected chi connectivity index (χ1v) is 7.44. The summed E-state index contributed by atoms with van der Waals surface area (Å²) in [6.45, 7) is 7.54. The SMILES string of the molecule is COc1cc(C)ccc1C(C)C(=O)NC(CC(C)C)C(=O)O. The lowest BCUT2D eigenvalue weighted by atomic mass is 9.96. The van der Waals surface area contributed by atoms with Crippen molar-refractivity contribution in [2.45, 2.75) is 46.1 Å². The van der Waals surface area contributed by atoms with Gasteiger partial charge in [-0.15, -0.1) is 0 Å². The van der Waals surface area contributed by atoms with E-state index in [4.69, 9.17) is 4.74 Å². The predicted molar refractivity (Wildman–Crippen MR) is 85.2 cm³/mol. The lowest BCUT2D eigenvalue weighted by Crippen LogP contribution is -2.43. The number of nitrogens with one attached hydrogen (secondary N) is 1. The summed E-state index contributed by atoms with van der Waals surface area (Å²) in [5, 5.41) is 11.8. The molecule has 0 bridgehead atoms. The van der Waals surface area contributed by atoms with Crippen LogP contribution >= 0.6 is 0 Å². The fraction of sp³-hybridized carbons (Fsp3) is 0.529. The molecule has 2 N–H and O–H groups in total. The van der Waals surface area contributed by atoms with Crippen molar-refractivity contribution in [1.82, 2.24) is 5.32 Å². The van der Waals surface area contributed by atoms with Crippen LogP contribution in [0.25, 0.3) is 0 Å². The second kappa shape index (κ2) is 7.82. The molecule has 0 aliphatic heterocycles. The van der Waals surface area contributed by atoms with Gasteiger partial charge in [-0.2, -0.15) is 0 Å². The van der Waals surface area contributed by atoms with Gasteiger partial charge < -0.3 is 15.2 Å². The number of carboxylic acids is 1. The summed E-state index contributed by atoms with van der Waals surface area (Å²) in [6, 6.07) is 4.74. The van der Waals surface area contributed by atoms with Gasteiger partial charge in [-0.1, -0.05) is 26.0 Å². The average Bonchev–Trinajstić information content (AvgIpc) is 2.44. The zero-order chi connectivity index (χ0) is 16.9. The molecule has 2 unspecified atom stereocenters. The van der Waals surface area contributed by atoms with E-state index in [1.165, 1.54) is 0 Å². The van der Waals surface area contributed by atoms with Gasteiger partial charge in [-0.05, 0) is 37.8 Å². The summed E-state index contributed by atoms with van der Waals surface area (Å²) in [6.07, 6.45) is 0.402. The largest absolute Gasteiger partial charge is 0.496 e. The smallest absolute Gasteiger partial charge is 0.326 e. The molecule has 1 aromatic rings. The van der Waals surface area contributed by atoms with Crippen molar-refractivity contribution in [1.29, 1.82) is 0 Å². The van der Waals surface area contributed by atoms with Crippen LogP contribution in [0.1, 0.15) is 44.2 Å². The summed E-state index contributed by atoms with van der Waals surface area (Å²) < 4.78 is 5.32. The summed E-state index contributed by atoms with van der Waals surface area (Å²) in [5.41, 5.74) is 1.79. The number of hydrogen-bond donors (Lipinski definition) is 2. The molecular weight excluding hydrogens is 282 g/mol. The van der Waals surface area contributed by atoms with Crippen molar-refractivity contribution < 1.29 is 19.4 Å². The molecule has 22 heavy (non-hydrogen) atoms. The number of carboxylic acid groups (broad SMARTS) is 1. The number of benzene rings is 1. The molecule has 5 nitrogen and oxygen atoms in total. The van der Waals surface area contributed by atoms with Crippen molar-refractivity contribution >= 4 is 11.9 Å². The minimum atomic E-state index is -1.01. The van der Waals surface area contributed by atoms with E-state index in [9.17, 15) is 14.7 Å². The first kappa shape index (κ1) is 18.0. The number of ether oxygens (including phenoxy) is 1. The maximum absolute atomic E-state index is 12.4. The monoisotopic (exact) mass is 307 g/mol. The van der Waals surface area contributed by atoms with Crippen LogP contribution in [-0.4, -0.2) is 30.1 Å². The van der Waals surface area contributed by atoms with E-state index in [0.717, 1.165) is 11.1 Å². The van der Waals surface area contributed by atoms with Gasteiger partial charge in [0.15, 0.2) is 0 Å². The lowest BCUT2D eigenvalue weighted by Gasteiger charge is -2.20. The number of carbonyl (C=O) groups is 2. The third-order valence-corrected chi connectivity index (χ3v) is 3.57. The van der Waals surface area contributed by atoms with Crippen LogP contribution in [0.2, 0.25) is 0 Å². The summed E-state index contributed by atoms with van der Waals surface area (Å²) in [7, 11) is 1.56. The van der Waals surface area contributed by atoms with Gasteiger partial charge in [0.25, 0.3) is 0 Å². The Balaban J connectivity index is 2.90. The maximum atomic E-state index is 12.4. The highest BCUT2D eigenvalue weighted by atomic mass is 16.5. The molecule has 0 aliphatic rings. The fourth-order valence-corrected chi connectivity index (χ4v) is 2.31. The van der Waals surface area contributed by atoms with Crippen molar-refractivity contribution in [3.8, 4) is 5.75 Å². The molecule has 0 fully saturated rings. The van der Waals surface area contributed by atoms with Gasteiger partial charge in [-0.3, -0.25) is 4.79 Å². The van der Waals surface area contributed by atoms with E-state index in [1.807, 2.05) is 39.0 Å². The Kier molecular flexibility index (Phi) is 6.40. The van der Waals surface area contributed by atoms with Gasteiger partial charge in [0.2, 0.25) is 5.91 Å². The van der Waals surface area contributed by atoms with Gasteiger partial charge in [0, 0.05) is 5.56 Å². The van der Waals surface area contributed by atoms with Crippen molar-refractivity contribution in [3.63, 3.8) is 0 Å². The standard InChI is InChI=1S/C17H25NO4/c1-10(2)8-14(17(20)21)18-16(19)12(4)13-7-6-11(3)9-15(13)22-5/h6-7,9-10,12,14H,8H2,1-5H3,(H,18,19)(H,20,21). The Bertz CT molecular complexity index is 539. The van der Waals surface area contributed by atoms with Crippen LogP contribution in [0, 0.1) is 12.8 Å². The molecule has 0 spiro atoms.